The lowest BCUT2D eigenvalue weighted by Gasteiger charge is -2.14. The molecule has 5 heteroatoms. The molecule has 0 radical (unpaired) electrons. The minimum absolute atomic E-state index is 0.00763. The number of amides is 2. The average Bonchev–Trinajstić information content (AvgIpc) is 2.61. The molecule has 24 heavy (non-hydrogen) atoms. The molecule has 5 nitrogen and oxygen atoms in total. The van der Waals surface area contributed by atoms with Crippen LogP contribution < -0.4 is 10.5 Å². The normalized spacial score (nSPS) is 11.6. The van der Waals surface area contributed by atoms with Crippen LogP contribution in [0.3, 0.4) is 0 Å². The third kappa shape index (κ3) is 4.13. The van der Waals surface area contributed by atoms with E-state index < -0.39 is 12.0 Å². The third-order valence-electron chi connectivity index (χ3n) is 3.85. The summed E-state index contributed by atoms with van der Waals surface area (Å²) in [6.07, 6.45) is -0.670. The first-order valence-electron chi connectivity index (χ1n) is 7.84. The summed E-state index contributed by atoms with van der Waals surface area (Å²) in [6.45, 7) is 4.22. The van der Waals surface area contributed by atoms with Gasteiger partial charge < -0.3 is 15.4 Å². The fourth-order valence-electron chi connectivity index (χ4n) is 2.16. The predicted molar refractivity (Wildman–Crippen MR) is 93.8 cm³/mol. The Bertz CT molecular complexity index is 708. The van der Waals surface area contributed by atoms with E-state index in [4.69, 9.17) is 10.5 Å². The highest BCUT2D eigenvalue weighted by Crippen LogP contribution is 2.23. The van der Waals surface area contributed by atoms with E-state index in [2.05, 4.69) is 0 Å². The maximum Gasteiger partial charge on any atom is 0.258 e. The number of carbonyl (C=O) groups is 2. The van der Waals surface area contributed by atoms with Crippen molar-refractivity contribution in [2.24, 2.45) is 5.73 Å². The van der Waals surface area contributed by atoms with Crippen molar-refractivity contribution in [1.82, 2.24) is 4.90 Å². The summed E-state index contributed by atoms with van der Waals surface area (Å²) in [7, 11) is 1.78. The summed E-state index contributed by atoms with van der Waals surface area (Å²) < 4.78 is 5.43. The molecular formula is C19H22N2O3. The highest BCUT2D eigenvalue weighted by atomic mass is 16.5. The lowest BCUT2D eigenvalue weighted by Crippen LogP contribution is -2.30. The van der Waals surface area contributed by atoms with Crippen molar-refractivity contribution in [2.75, 3.05) is 13.6 Å². The van der Waals surface area contributed by atoms with Crippen LogP contribution in [0, 0.1) is 0 Å². The van der Waals surface area contributed by atoms with E-state index in [9.17, 15) is 9.59 Å². The van der Waals surface area contributed by atoms with Gasteiger partial charge in [0.15, 0.2) is 6.10 Å². The van der Waals surface area contributed by atoms with Crippen LogP contribution >= 0.6 is 0 Å². The smallest absolute Gasteiger partial charge is 0.258 e. The molecule has 2 amide bonds. The van der Waals surface area contributed by atoms with E-state index in [0.717, 1.165) is 11.1 Å². The van der Waals surface area contributed by atoms with Crippen LogP contribution in [0.1, 0.15) is 24.2 Å². The zero-order chi connectivity index (χ0) is 17.7. The SMILES string of the molecule is CCN(C)C(=O)c1ccc(-c2ccc(OC(C)C(N)=O)cc2)cc1. The molecule has 2 N–H and O–H groups in total. The number of rotatable bonds is 6. The molecule has 126 valence electrons. The molecule has 0 bridgehead atoms. The van der Waals surface area contributed by atoms with Gasteiger partial charge in [0.25, 0.3) is 11.8 Å². The predicted octanol–water partition coefficient (Wildman–Crippen LogP) is 2.70. The van der Waals surface area contributed by atoms with Crippen LogP contribution in [0.15, 0.2) is 48.5 Å². The van der Waals surface area contributed by atoms with Crippen LogP contribution in [0.2, 0.25) is 0 Å². The number of carbonyl (C=O) groups excluding carboxylic acids is 2. The Morgan fingerprint density at radius 2 is 1.54 bits per heavy atom. The molecule has 0 aromatic heterocycles. The topological polar surface area (TPSA) is 72.6 Å². The molecule has 0 saturated heterocycles. The molecule has 1 atom stereocenters. The van der Waals surface area contributed by atoms with Gasteiger partial charge in [0.05, 0.1) is 0 Å². The van der Waals surface area contributed by atoms with Crippen LogP contribution in [-0.4, -0.2) is 36.4 Å². The number of benzene rings is 2. The van der Waals surface area contributed by atoms with Crippen LogP contribution in [-0.2, 0) is 4.79 Å². The Morgan fingerprint density at radius 3 is 2.00 bits per heavy atom. The fourth-order valence-corrected chi connectivity index (χ4v) is 2.16. The molecule has 0 spiro atoms. The van der Waals surface area contributed by atoms with E-state index in [-0.39, 0.29) is 5.91 Å². The molecule has 0 heterocycles. The largest absolute Gasteiger partial charge is 0.481 e. The van der Waals surface area contributed by atoms with E-state index >= 15 is 0 Å². The van der Waals surface area contributed by atoms with Crippen molar-refractivity contribution in [1.29, 1.82) is 0 Å². The van der Waals surface area contributed by atoms with Crippen molar-refractivity contribution in [3.8, 4) is 16.9 Å². The lowest BCUT2D eigenvalue weighted by molar-refractivity contribution is -0.123. The van der Waals surface area contributed by atoms with Crippen molar-refractivity contribution >= 4 is 11.8 Å². The summed E-state index contributed by atoms with van der Waals surface area (Å²) in [5.41, 5.74) is 7.84. The van der Waals surface area contributed by atoms with Gasteiger partial charge in [0.2, 0.25) is 0 Å². The maximum absolute atomic E-state index is 12.1. The van der Waals surface area contributed by atoms with Gasteiger partial charge in [-0.15, -0.1) is 0 Å². The molecule has 0 fully saturated rings. The number of nitrogens with zero attached hydrogens (tertiary/aromatic N) is 1. The van der Waals surface area contributed by atoms with Crippen LogP contribution in [0.4, 0.5) is 0 Å². The summed E-state index contributed by atoms with van der Waals surface area (Å²) in [5, 5.41) is 0. The second kappa shape index (κ2) is 7.64. The maximum atomic E-state index is 12.1. The molecule has 2 aromatic carbocycles. The molecule has 0 aliphatic carbocycles. The fraction of sp³-hybridized carbons (Fsp3) is 0.263. The van der Waals surface area contributed by atoms with Gasteiger partial charge in [0.1, 0.15) is 5.75 Å². The minimum Gasteiger partial charge on any atom is -0.481 e. The molecule has 0 aliphatic rings. The minimum atomic E-state index is -0.670. The first-order chi connectivity index (χ1) is 11.4. The number of hydrogen-bond donors (Lipinski definition) is 1. The standard InChI is InChI=1S/C19H22N2O3/c1-4-21(3)19(23)16-7-5-14(6-8-16)15-9-11-17(12-10-15)24-13(2)18(20)22/h5-13H,4H2,1-3H3,(H2,20,22). The molecular weight excluding hydrogens is 304 g/mol. The number of ether oxygens (including phenoxy) is 1. The number of nitrogens with two attached hydrogens (primary N) is 1. The molecule has 1 unspecified atom stereocenters. The molecule has 0 saturated carbocycles. The summed E-state index contributed by atoms with van der Waals surface area (Å²) >= 11 is 0. The van der Waals surface area contributed by atoms with Gasteiger partial charge in [-0.05, 0) is 49.2 Å². The Balaban J connectivity index is 2.12. The van der Waals surface area contributed by atoms with E-state index in [1.807, 2.05) is 43.3 Å². The highest BCUT2D eigenvalue weighted by Gasteiger charge is 2.11. The number of primary amides is 1. The van der Waals surface area contributed by atoms with Gasteiger partial charge in [-0.1, -0.05) is 24.3 Å². The summed E-state index contributed by atoms with van der Waals surface area (Å²) in [6, 6.07) is 14.9. The van der Waals surface area contributed by atoms with Crippen molar-refractivity contribution in [2.45, 2.75) is 20.0 Å². The van der Waals surface area contributed by atoms with E-state index in [0.29, 0.717) is 17.9 Å². The zero-order valence-corrected chi connectivity index (χ0v) is 14.2. The quantitative estimate of drug-likeness (QED) is 0.887. The second-order valence-corrected chi connectivity index (χ2v) is 5.58. The van der Waals surface area contributed by atoms with Gasteiger partial charge >= 0.3 is 0 Å². The van der Waals surface area contributed by atoms with Crippen molar-refractivity contribution in [3.63, 3.8) is 0 Å². The Kier molecular flexibility index (Phi) is 5.58. The van der Waals surface area contributed by atoms with Crippen molar-refractivity contribution < 1.29 is 14.3 Å². The molecule has 2 aromatic rings. The highest BCUT2D eigenvalue weighted by molar-refractivity contribution is 5.94. The summed E-state index contributed by atoms with van der Waals surface area (Å²) in [4.78, 5) is 24.8. The van der Waals surface area contributed by atoms with E-state index in [1.54, 1.807) is 31.0 Å². The average molecular weight is 326 g/mol. The first-order valence-corrected chi connectivity index (χ1v) is 7.84. The van der Waals surface area contributed by atoms with Gasteiger partial charge in [0, 0.05) is 19.2 Å². The van der Waals surface area contributed by atoms with Crippen LogP contribution in [0.25, 0.3) is 11.1 Å². The Labute approximate surface area is 142 Å². The van der Waals surface area contributed by atoms with Crippen molar-refractivity contribution in [3.05, 3.63) is 54.1 Å². The Morgan fingerprint density at radius 1 is 1.04 bits per heavy atom. The molecule has 0 aliphatic heterocycles. The van der Waals surface area contributed by atoms with E-state index in [1.165, 1.54) is 0 Å². The lowest BCUT2D eigenvalue weighted by atomic mass is 10.0. The summed E-state index contributed by atoms with van der Waals surface area (Å²) in [5.74, 6) is 0.0889. The van der Waals surface area contributed by atoms with Crippen LogP contribution in [0.5, 0.6) is 5.75 Å². The second-order valence-electron chi connectivity index (χ2n) is 5.58. The van der Waals surface area contributed by atoms with Gasteiger partial charge in [-0.25, -0.2) is 0 Å². The van der Waals surface area contributed by atoms with Gasteiger partial charge in [-0.3, -0.25) is 9.59 Å². The monoisotopic (exact) mass is 326 g/mol. The third-order valence-corrected chi connectivity index (χ3v) is 3.85. The molecule has 2 rings (SSSR count). The zero-order valence-electron chi connectivity index (χ0n) is 14.2. The first kappa shape index (κ1) is 17.5. The number of hydrogen-bond acceptors (Lipinski definition) is 3. The Hall–Kier alpha value is -2.82. The van der Waals surface area contributed by atoms with Gasteiger partial charge in [-0.2, -0.15) is 0 Å².